The number of halogens is 1. The van der Waals surface area contributed by atoms with Crippen molar-refractivity contribution in [2.24, 2.45) is 5.41 Å². The van der Waals surface area contributed by atoms with Crippen LogP contribution in [-0.2, 0) is 4.79 Å². The number of carbonyl (C=O) groups is 1. The topological polar surface area (TPSA) is 56.7 Å². The Kier molecular flexibility index (Phi) is 4.29. The predicted octanol–water partition coefficient (Wildman–Crippen LogP) is 1.42. The van der Waals surface area contributed by atoms with Crippen molar-refractivity contribution in [1.82, 2.24) is 9.88 Å². The monoisotopic (exact) mass is 307 g/mol. The lowest BCUT2D eigenvalue weighted by Gasteiger charge is -2.48. The number of rotatable bonds is 3. The maximum atomic E-state index is 14.0. The summed E-state index contributed by atoms with van der Waals surface area (Å²) >= 11 is 0. The lowest BCUT2D eigenvalue weighted by Crippen LogP contribution is -2.54. The Morgan fingerprint density at radius 2 is 2.23 bits per heavy atom. The minimum absolute atomic E-state index is 0.00864. The number of aliphatic hydroxyl groups excluding tert-OH is 1. The minimum atomic E-state index is -0.293. The molecule has 0 aliphatic carbocycles. The molecule has 0 aromatic carbocycles. The first kappa shape index (κ1) is 15.2. The van der Waals surface area contributed by atoms with Gasteiger partial charge < -0.3 is 14.9 Å². The predicted molar refractivity (Wildman–Crippen MR) is 81.0 cm³/mol. The zero-order valence-corrected chi connectivity index (χ0v) is 12.7. The highest BCUT2D eigenvalue weighted by Crippen LogP contribution is 2.40. The van der Waals surface area contributed by atoms with E-state index < -0.39 is 0 Å². The number of nitrogens with zero attached hydrogens (tertiary/aromatic N) is 3. The van der Waals surface area contributed by atoms with Crippen molar-refractivity contribution in [3.05, 3.63) is 24.1 Å². The van der Waals surface area contributed by atoms with Gasteiger partial charge in [-0.05, 0) is 31.4 Å². The summed E-state index contributed by atoms with van der Waals surface area (Å²) in [5, 5.41) is 9.13. The second-order valence-electron chi connectivity index (χ2n) is 6.37. The van der Waals surface area contributed by atoms with Gasteiger partial charge in [0.1, 0.15) is 0 Å². The lowest BCUT2D eigenvalue weighted by molar-refractivity contribution is -0.138. The molecule has 2 aliphatic heterocycles. The molecule has 3 rings (SSSR count). The molecule has 2 saturated heterocycles. The Balaban J connectivity index is 1.77. The molecular formula is C16H22FN3O2. The van der Waals surface area contributed by atoms with E-state index in [-0.39, 0.29) is 23.7 Å². The molecule has 1 N–H and O–H groups in total. The average molecular weight is 307 g/mol. The molecule has 2 fully saturated rings. The zero-order chi connectivity index (χ0) is 15.6. The third-order valence-corrected chi connectivity index (χ3v) is 4.82. The number of likely N-dealkylation sites (tertiary alicyclic amines) is 1. The van der Waals surface area contributed by atoms with Crippen LogP contribution in [0.5, 0.6) is 0 Å². The van der Waals surface area contributed by atoms with E-state index in [4.69, 9.17) is 5.11 Å². The maximum absolute atomic E-state index is 14.0. The molecule has 0 radical (unpaired) electrons. The highest BCUT2D eigenvalue weighted by Gasteiger charge is 2.42. The van der Waals surface area contributed by atoms with Gasteiger partial charge in [0.15, 0.2) is 11.6 Å². The Bertz CT molecular complexity index is 554. The number of aromatic nitrogens is 1. The number of β-amino-alcohol motifs (C(OH)–C–C–N with tert-alkyl or cyclic N) is 1. The van der Waals surface area contributed by atoms with Crippen molar-refractivity contribution >= 4 is 11.7 Å². The smallest absolute Gasteiger partial charge is 0.222 e. The van der Waals surface area contributed by atoms with E-state index in [1.54, 1.807) is 17.2 Å². The number of hydrogen-bond donors (Lipinski definition) is 1. The SMILES string of the molecule is O=C1CCC2(CCCN(c3ncccc3F)C2)CN1CCO. The molecule has 2 aliphatic rings. The average Bonchev–Trinajstić information content (AvgIpc) is 2.52. The molecule has 22 heavy (non-hydrogen) atoms. The van der Waals surface area contributed by atoms with Crippen LogP contribution in [0.1, 0.15) is 25.7 Å². The van der Waals surface area contributed by atoms with E-state index in [9.17, 15) is 9.18 Å². The first-order chi connectivity index (χ1) is 10.6. The number of piperidine rings is 2. The third-order valence-electron chi connectivity index (χ3n) is 4.82. The fourth-order valence-electron chi connectivity index (χ4n) is 3.76. The Labute approximate surface area is 129 Å². The first-order valence-electron chi connectivity index (χ1n) is 7.88. The summed E-state index contributed by atoms with van der Waals surface area (Å²) in [4.78, 5) is 19.9. The minimum Gasteiger partial charge on any atom is -0.395 e. The molecule has 1 unspecified atom stereocenters. The van der Waals surface area contributed by atoms with Crippen molar-refractivity contribution < 1.29 is 14.3 Å². The standard InChI is InChI=1S/C16H22FN3O2/c17-13-3-1-7-18-15(13)20-8-2-5-16(12-20)6-4-14(22)19(11-16)9-10-21/h1,3,7,21H,2,4-6,8-12H2. The van der Waals surface area contributed by atoms with Gasteiger partial charge in [0.2, 0.25) is 5.91 Å². The summed E-state index contributed by atoms with van der Waals surface area (Å²) in [5.41, 5.74) is -0.00864. The molecule has 1 aromatic rings. The number of pyridine rings is 1. The summed E-state index contributed by atoms with van der Waals surface area (Å²) in [6.07, 6.45) is 4.96. The summed E-state index contributed by atoms with van der Waals surface area (Å²) < 4.78 is 14.0. The van der Waals surface area contributed by atoms with E-state index in [2.05, 4.69) is 4.98 Å². The lowest BCUT2D eigenvalue weighted by atomic mass is 9.73. The van der Waals surface area contributed by atoms with Crippen molar-refractivity contribution in [2.45, 2.75) is 25.7 Å². The van der Waals surface area contributed by atoms with Crippen molar-refractivity contribution in [3.63, 3.8) is 0 Å². The van der Waals surface area contributed by atoms with E-state index in [1.165, 1.54) is 6.07 Å². The summed E-state index contributed by atoms with van der Waals surface area (Å²) in [6, 6.07) is 3.03. The summed E-state index contributed by atoms with van der Waals surface area (Å²) in [5.74, 6) is 0.228. The van der Waals surface area contributed by atoms with Crippen molar-refractivity contribution in [2.75, 3.05) is 37.7 Å². The molecule has 120 valence electrons. The van der Waals surface area contributed by atoms with Gasteiger partial charge in [-0.25, -0.2) is 9.37 Å². The fourth-order valence-corrected chi connectivity index (χ4v) is 3.76. The maximum Gasteiger partial charge on any atom is 0.222 e. The number of carbonyl (C=O) groups excluding carboxylic acids is 1. The van der Waals surface area contributed by atoms with Crippen molar-refractivity contribution in [3.8, 4) is 0 Å². The number of hydrogen-bond acceptors (Lipinski definition) is 4. The van der Waals surface area contributed by atoms with Crippen LogP contribution in [0.2, 0.25) is 0 Å². The molecule has 1 amide bonds. The quantitative estimate of drug-likeness (QED) is 0.917. The van der Waals surface area contributed by atoms with Crippen LogP contribution in [0.4, 0.5) is 10.2 Å². The molecule has 1 spiro atoms. The second-order valence-corrected chi connectivity index (χ2v) is 6.37. The normalized spacial score (nSPS) is 25.8. The highest BCUT2D eigenvalue weighted by molar-refractivity contribution is 5.77. The van der Waals surface area contributed by atoms with Gasteiger partial charge in [-0.3, -0.25) is 4.79 Å². The molecule has 5 nitrogen and oxygen atoms in total. The van der Waals surface area contributed by atoms with Gasteiger partial charge >= 0.3 is 0 Å². The third kappa shape index (κ3) is 2.92. The Hall–Kier alpha value is -1.69. The summed E-state index contributed by atoms with van der Waals surface area (Å²) in [7, 11) is 0. The van der Waals surface area contributed by atoms with E-state index >= 15 is 0 Å². The Morgan fingerprint density at radius 1 is 1.36 bits per heavy atom. The Morgan fingerprint density at radius 3 is 3.00 bits per heavy atom. The molecule has 3 heterocycles. The number of aliphatic hydroxyl groups is 1. The highest BCUT2D eigenvalue weighted by atomic mass is 19.1. The van der Waals surface area contributed by atoms with E-state index in [1.807, 2.05) is 4.90 Å². The van der Waals surface area contributed by atoms with Gasteiger partial charge in [0.05, 0.1) is 6.61 Å². The molecule has 1 aromatic heterocycles. The summed E-state index contributed by atoms with van der Waals surface area (Å²) in [6.45, 7) is 2.54. The van der Waals surface area contributed by atoms with Crippen LogP contribution < -0.4 is 4.90 Å². The molecule has 6 heteroatoms. The van der Waals surface area contributed by atoms with Crippen LogP contribution >= 0.6 is 0 Å². The van der Waals surface area contributed by atoms with Gasteiger partial charge in [-0.15, -0.1) is 0 Å². The van der Waals surface area contributed by atoms with Crippen LogP contribution in [0, 0.1) is 11.2 Å². The van der Waals surface area contributed by atoms with Crippen LogP contribution in [0.15, 0.2) is 18.3 Å². The van der Waals surface area contributed by atoms with Crippen LogP contribution in [0.25, 0.3) is 0 Å². The second kappa shape index (κ2) is 6.20. The number of anilines is 1. The van der Waals surface area contributed by atoms with Crippen LogP contribution in [-0.4, -0.2) is 53.7 Å². The van der Waals surface area contributed by atoms with Crippen LogP contribution in [0.3, 0.4) is 0 Å². The molecule has 1 atom stereocenters. The first-order valence-corrected chi connectivity index (χ1v) is 7.88. The van der Waals surface area contributed by atoms with Gasteiger partial charge in [-0.2, -0.15) is 0 Å². The fraction of sp³-hybridized carbons (Fsp3) is 0.625. The molecule has 0 saturated carbocycles. The molecular weight excluding hydrogens is 285 g/mol. The van der Waals surface area contributed by atoms with Gasteiger partial charge in [0.25, 0.3) is 0 Å². The van der Waals surface area contributed by atoms with Crippen molar-refractivity contribution in [1.29, 1.82) is 0 Å². The van der Waals surface area contributed by atoms with E-state index in [0.717, 1.165) is 32.4 Å². The molecule has 0 bridgehead atoms. The van der Waals surface area contributed by atoms with Gasteiger partial charge in [0, 0.05) is 44.2 Å². The number of amides is 1. The largest absolute Gasteiger partial charge is 0.395 e. The van der Waals surface area contributed by atoms with E-state index in [0.29, 0.717) is 25.3 Å². The zero-order valence-electron chi connectivity index (χ0n) is 12.7. The van der Waals surface area contributed by atoms with Gasteiger partial charge in [-0.1, -0.05) is 0 Å².